The third-order valence-electron chi connectivity index (χ3n) is 11.5. The Balaban J connectivity index is 1.75. The van der Waals surface area contributed by atoms with Crippen molar-refractivity contribution in [2.75, 3.05) is 20.6 Å². The molecule has 3 fully saturated rings. The highest BCUT2D eigenvalue weighted by molar-refractivity contribution is 6.00. The number of hydrogen-bond acceptors (Lipinski definition) is 12. The third kappa shape index (κ3) is 9.61. The standard InChI is InChI=1S/C40H61N3O11/c1-11-29-40(8)33(42-38(49)54-40)24(4)30(44)22(2)21-39(7,53-37(48)41-19-15-18-27-16-13-12-14-17-27)34(25(5)31(45)26(6)35(47)51-29)52-36-32(46)28(43(9)10)20-23(3)50-36/h12-14,16-17,22-26,28-29,32-34,36,46H,11,15,18-21H2,1-10H3,(H,41,48)(H,42,49)/t22-,23-,24+,25+,26?,28+,29-,32-,33-,34-,36+,39-,40-/m1/s1. The van der Waals surface area contributed by atoms with E-state index in [-0.39, 0.29) is 37.3 Å². The summed E-state index contributed by atoms with van der Waals surface area (Å²) < 4.78 is 30.6. The van der Waals surface area contributed by atoms with Crippen molar-refractivity contribution in [3.63, 3.8) is 0 Å². The first-order valence-electron chi connectivity index (χ1n) is 19.3. The van der Waals surface area contributed by atoms with Gasteiger partial charge in [-0.25, -0.2) is 9.59 Å². The molecular weight excluding hydrogens is 698 g/mol. The van der Waals surface area contributed by atoms with Gasteiger partial charge in [-0.15, -0.1) is 0 Å². The van der Waals surface area contributed by atoms with Crippen molar-refractivity contribution in [1.82, 2.24) is 15.5 Å². The molecule has 0 saturated carbocycles. The number of nitrogens with one attached hydrogen (secondary N) is 2. The van der Waals surface area contributed by atoms with Crippen molar-refractivity contribution in [1.29, 1.82) is 0 Å². The number of amides is 2. The summed E-state index contributed by atoms with van der Waals surface area (Å²) in [5.41, 5.74) is -2.00. The van der Waals surface area contributed by atoms with E-state index in [1.165, 1.54) is 6.92 Å². The summed E-state index contributed by atoms with van der Waals surface area (Å²) in [5.74, 6) is -5.79. The van der Waals surface area contributed by atoms with Crippen LogP contribution in [0.3, 0.4) is 0 Å². The molecule has 14 nitrogen and oxygen atoms in total. The molecule has 13 atom stereocenters. The van der Waals surface area contributed by atoms with Crippen molar-refractivity contribution < 1.29 is 52.8 Å². The number of cyclic esters (lactones) is 1. The fourth-order valence-electron chi connectivity index (χ4n) is 8.46. The molecule has 0 bridgehead atoms. The lowest BCUT2D eigenvalue weighted by atomic mass is 9.73. The van der Waals surface area contributed by atoms with Crippen molar-refractivity contribution in [2.45, 2.75) is 141 Å². The molecule has 3 heterocycles. The molecule has 3 N–H and O–H groups in total. The number of alkyl carbamates (subject to hydrolysis) is 2. The maximum Gasteiger partial charge on any atom is 0.408 e. The van der Waals surface area contributed by atoms with Crippen molar-refractivity contribution in [2.24, 2.45) is 23.7 Å². The van der Waals surface area contributed by atoms with Gasteiger partial charge in [0.2, 0.25) is 0 Å². The molecule has 302 valence electrons. The third-order valence-corrected chi connectivity index (χ3v) is 11.5. The summed E-state index contributed by atoms with van der Waals surface area (Å²) in [6, 6.07) is 8.59. The molecule has 1 aromatic rings. The van der Waals surface area contributed by atoms with Crippen LogP contribution < -0.4 is 10.6 Å². The Morgan fingerprint density at radius 2 is 1.69 bits per heavy atom. The van der Waals surface area contributed by atoms with Gasteiger partial charge in [0, 0.05) is 30.3 Å². The van der Waals surface area contributed by atoms with Crippen molar-refractivity contribution in [3.05, 3.63) is 35.9 Å². The van der Waals surface area contributed by atoms with E-state index >= 15 is 0 Å². The number of aliphatic hydroxyl groups is 1. The molecule has 0 aromatic heterocycles. The maximum absolute atomic E-state index is 14.4. The number of ketones is 2. The lowest BCUT2D eigenvalue weighted by Crippen LogP contribution is -2.60. The molecule has 4 rings (SSSR count). The molecule has 0 radical (unpaired) electrons. The number of likely N-dealkylation sites (N-methyl/N-ethyl adjacent to an activating group) is 1. The average Bonchev–Trinajstić information content (AvgIpc) is 3.44. The monoisotopic (exact) mass is 759 g/mol. The summed E-state index contributed by atoms with van der Waals surface area (Å²) in [5, 5.41) is 17.1. The predicted molar refractivity (Wildman–Crippen MR) is 198 cm³/mol. The first-order valence-corrected chi connectivity index (χ1v) is 19.3. The van der Waals surface area contributed by atoms with E-state index in [2.05, 4.69) is 10.6 Å². The Morgan fingerprint density at radius 3 is 2.31 bits per heavy atom. The number of aryl methyl sites for hydroxylation is 1. The number of rotatable bonds is 9. The van der Waals surface area contributed by atoms with E-state index in [0.717, 1.165) is 5.56 Å². The normalized spacial score (nSPS) is 38.1. The summed E-state index contributed by atoms with van der Waals surface area (Å²) >= 11 is 0. The quantitative estimate of drug-likeness (QED) is 0.142. The zero-order chi connectivity index (χ0) is 40.1. The van der Waals surface area contributed by atoms with E-state index in [1.54, 1.807) is 41.5 Å². The maximum atomic E-state index is 14.4. The Morgan fingerprint density at radius 1 is 1.02 bits per heavy atom. The minimum Gasteiger partial charge on any atom is -0.458 e. The summed E-state index contributed by atoms with van der Waals surface area (Å²) in [7, 11) is 3.67. The van der Waals surface area contributed by atoms with Crippen molar-refractivity contribution in [3.8, 4) is 0 Å². The summed E-state index contributed by atoms with van der Waals surface area (Å²) in [4.78, 5) is 70.7. The molecular formula is C40H61N3O11. The predicted octanol–water partition coefficient (Wildman–Crippen LogP) is 4.19. The second kappa shape index (κ2) is 17.9. The summed E-state index contributed by atoms with van der Waals surface area (Å²) in [6.07, 6.45) is -4.60. The number of ether oxygens (including phenoxy) is 5. The Kier molecular flexibility index (Phi) is 14.3. The Labute approximate surface area is 319 Å². The number of benzene rings is 1. The SMILES string of the molecule is CC[C@H]1OC(=O)C(C)C(=O)[C@H](C)[C@@H](O[C@@H]2O[C@H](C)C[C@H](N(C)C)[C@H]2O)[C@](C)(OC(=O)NCCCc2ccccc2)C[C@@H](C)C(=O)[C@H](C)[C@H]2NC(=O)O[C@@]21C. The molecule has 3 aliphatic rings. The molecule has 14 heteroatoms. The Hall–Kier alpha value is -3.59. The highest BCUT2D eigenvalue weighted by atomic mass is 16.7. The van der Waals surface area contributed by atoms with Crippen molar-refractivity contribution >= 4 is 29.7 Å². The first kappa shape index (κ1) is 43.1. The van der Waals surface area contributed by atoms with Gasteiger partial charge in [0.15, 0.2) is 17.7 Å². The molecule has 1 unspecified atom stereocenters. The van der Waals surface area contributed by atoms with E-state index in [4.69, 9.17) is 23.7 Å². The molecule has 0 spiro atoms. The molecule has 0 aliphatic carbocycles. The topological polar surface area (TPSA) is 179 Å². The smallest absolute Gasteiger partial charge is 0.408 e. The molecule has 1 aromatic carbocycles. The van der Waals surface area contributed by atoms with Gasteiger partial charge < -0.3 is 44.3 Å². The number of carbonyl (C=O) groups excluding carboxylic acids is 5. The van der Waals surface area contributed by atoms with Crippen LogP contribution >= 0.6 is 0 Å². The number of aliphatic hydroxyl groups excluding tert-OH is 1. The van der Waals surface area contributed by atoms with E-state index in [9.17, 15) is 29.1 Å². The molecule has 3 saturated heterocycles. The van der Waals surface area contributed by atoms with Crippen LogP contribution in [-0.4, -0.2) is 114 Å². The van der Waals surface area contributed by atoms with Crippen LogP contribution in [0.25, 0.3) is 0 Å². The second-order valence-electron chi connectivity index (χ2n) is 16.1. The number of esters is 1. The number of fused-ring (bicyclic) bond motifs is 1. The minimum atomic E-state index is -1.69. The van der Waals surface area contributed by atoms with Gasteiger partial charge in [0.05, 0.1) is 12.1 Å². The molecule has 54 heavy (non-hydrogen) atoms. The van der Waals surface area contributed by atoms with Gasteiger partial charge >= 0.3 is 18.2 Å². The zero-order valence-electron chi connectivity index (χ0n) is 33.5. The highest BCUT2D eigenvalue weighted by Crippen LogP contribution is 2.40. The van der Waals surface area contributed by atoms with Crippen LogP contribution in [0.5, 0.6) is 0 Å². The van der Waals surface area contributed by atoms with Crippen LogP contribution in [0.1, 0.15) is 86.6 Å². The average molecular weight is 760 g/mol. The number of hydrogen-bond donors (Lipinski definition) is 3. The van der Waals surface area contributed by atoms with Crippen LogP contribution in [0, 0.1) is 23.7 Å². The number of Topliss-reactive ketones (excluding diaryl/α,β-unsaturated/α-hetero) is 2. The highest BCUT2D eigenvalue weighted by Gasteiger charge is 2.57. The lowest BCUT2D eigenvalue weighted by Gasteiger charge is -2.47. The van der Waals surface area contributed by atoms with Gasteiger partial charge in [-0.3, -0.25) is 14.4 Å². The minimum absolute atomic E-state index is 0.111. The molecule has 3 aliphatic heterocycles. The van der Waals surface area contributed by atoms with Gasteiger partial charge in [-0.2, -0.15) is 0 Å². The van der Waals surface area contributed by atoms with Gasteiger partial charge in [0.1, 0.15) is 35.6 Å². The number of nitrogens with zero attached hydrogens (tertiary/aromatic N) is 1. The van der Waals surface area contributed by atoms with Gasteiger partial charge in [-0.1, -0.05) is 58.0 Å². The van der Waals surface area contributed by atoms with E-state index in [1.807, 2.05) is 56.3 Å². The van der Waals surface area contributed by atoms with Crippen LogP contribution in [0.15, 0.2) is 30.3 Å². The van der Waals surface area contributed by atoms with E-state index < -0.39 is 89.5 Å². The lowest BCUT2D eigenvalue weighted by molar-refractivity contribution is -0.292. The van der Waals surface area contributed by atoms with Gasteiger partial charge in [0.25, 0.3) is 0 Å². The van der Waals surface area contributed by atoms with E-state index in [0.29, 0.717) is 19.3 Å². The van der Waals surface area contributed by atoms with Crippen LogP contribution in [0.2, 0.25) is 0 Å². The largest absolute Gasteiger partial charge is 0.458 e. The van der Waals surface area contributed by atoms with Crippen LogP contribution in [-0.2, 0) is 44.5 Å². The zero-order valence-corrected chi connectivity index (χ0v) is 33.5. The Bertz CT molecular complexity index is 1490. The fourth-order valence-corrected chi connectivity index (χ4v) is 8.46. The first-order chi connectivity index (χ1) is 25.3. The fraction of sp³-hybridized carbons (Fsp3) is 0.725. The summed E-state index contributed by atoms with van der Waals surface area (Å²) in [6.45, 7) is 13.5. The second-order valence-corrected chi connectivity index (χ2v) is 16.1. The number of carbonyl (C=O) groups is 5. The molecule has 2 amide bonds. The van der Waals surface area contributed by atoms with Crippen LogP contribution in [0.4, 0.5) is 9.59 Å². The van der Waals surface area contributed by atoms with Gasteiger partial charge in [-0.05, 0) is 79.5 Å².